The van der Waals surface area contributed by atoms with Crippen molar-refractivity contribution in [3.05, 3.63) is 42.0 Å². The molecule has 0 heterocycles. The maximum atomic E-state index is 11.1. The van der Waals surface area contributed by atoms with E-state index in [0.717, 1.165) is 5.39 Å². The zero-order valence-corrected chi connectivity index (χ0v) is 9.38. The van der Waals surface area contributed by atoms with Crippen molar-refractivity contribution >= 4 is 28.4 Å². The van der Waals surface area contributed by atoms with E-state index in [9.17, 15) is 9.59 Å². The van der Waals surface area contributed by atoms with Crippen LogP contribution < -0.4 is 5.32 Å². The molecule has 0 aliphatic carbocycles. The van der Waals surface area contributed by atoms with Crippen LogP contribution in [-0.2, 0) is 4.79 Å². The van der Waals surface area contributed by atoms with Gasteiger partial charge in [0.25, 0.3) is 0 Å². The van der Waals surface area contributed by atoms with Crippen molar-refractivity contribution in [2.45, 2.75) is 0 Å². The molecular weight excluding hydrogens is 234 g/mol. The molecule has 2 rings (SSSR count). The van der Waals surface area contributed by atoms with Gasteiger partial charge in [-0.3, -0.25) is 4.79 Å². The third kappa shape index (κ3) is 2.24. The summed E-state index contributed by atoms with van der Waals surface area (Å²) < 4.78 is 0. The summed E-state index contributed by atoms with van der Waals surface area (Å²) >= 11 is 0. The Balaban J connectivity index is 2.58. The lowest BCUT2D eigenvalue weighted by Crippen LogP contribution is -2.15. The van der Waals surface area contributed by atoms with Crippen LogP contribution in [-0.4, -0.2) is 28.7 Å². The van der Waals surface area contributed by atoms with Gasteiger partial charge in [0, 0.05) is 5.39 Å². The fourth-order valence-corrected chi connectivity index (χ4v) is 1.80. The molecule has 0 amide bonds. The molecule has 0 saturated heterocycles. The summed E-state index contributed by atoms with van der Waals surface area (Å²) in [6, 6.07) is 10.4. The number of anilines is 1. The van der Waals surface area contributed by atoms with E-state index in [1.165, 1.54) is 6.07 Å². The quantitative estimate of drug-likeness (QED) is 0.767. The van der Waals surface area contributed by atoms with E-state index >= 15 is 0 Å². The normalized spacial score (nSPS) is 10.2. The van der Waals surface area contributed by atoms with Gasteiger partial charge >= 0.3 is 11.9 Å². The Morgan fingerprint density at radius 3 is 2.44 bits per heavy atom. The molecule has 0 atom stereocenters. The molecule has 0 unspecified atom stereocenters. The maximum absolute atomic E-state index is 11.1. The first-order valence-corrected chi connectivity index (χ1v) is 5.30. The van der Waals surface area contributed by atoms with Crippen LogP contribution >= 0.6 is 0 Å². The average molecular weight is 245 g/mol. The molecular formula is C13H11NO4. The molecule has 5 heteroatoms. The lowest BCUT2D eigenvalue weighted by Gasteiger charge is -2.11. The van der Waals surface area contributed by atoms with E-state index in [4.69, 9.17) is 10.2 Å². The summed E-state index contributed by atoms with van der Waals surface area (Å²) in [5, 5.41) is 22.0. The van der Waals surface area contributed by atoms with Crippen molar-refractivity contribution in [3.8, 4) is 0 Å². The molecule has 18 heavy (non-hydrogen) atoms. The van der Waals surface area contributed by atoms with Gasteiger partial charge in [-0.2, -0.15) is 0 Å². The summed E-state index contributed by atoms with van der Waals surface area (Å²) in [5.74, 6) is -2.13. The molecule has 0 spiro atoms. The number of fused-ring (bicyclic) bond motifs is 1. The predicted octanol–water partition coefficient (Wildman–Crippen LogP) is 2.03. The number of aliphatic carboxylic acids is 1. The zero-order chi connectivity index (χ0) is 13.1. The largest absolute Gasteiger partial charge is 0.480 e. The second-order valence-corrected chi connectivity index (χ2v) is 3.76. The first-order valence-electron chi connectivity index (χ1n) is 5.30. The van der Waals surface area contributed by atoms with Gasteiger partial charge in [-0.15, -0.1) is 0 Å². The molecule has 2 aromatic rings. The number of carboxylic acid groups (broad SMARTS) is 2. The third-order valence-electron chi connectivity index (χ3n) is 2.58. The molecule has 0 radical (unpaired) electrons. The van der Waals surface area contributed by atoms with E-state index in [-0.39, 0.29) is 12.1 Å². The van der Waals surface area contributed by atoms with Crippen molar-refractivity contribution in [1.82, 2.24) is 0 Å². The first kappa shape index (κ1) is 11.9. The number of hydrogen-bond acceptors (Lipinski definition) is 3. The van der Waals surface area contributed by atoms with Crippen molar-refractivity contribution in [2.75, 3.05) is 11.9 Å². The molecule has 0 bridgehead atoms. The number of benzene rings is 2. The SMILES string of the molecule is O=C(O)CNc1c(C(=O)O)ccc2ccccc12. The fourth-order valence-electron chi connectivity index (χ4n) is 1.80. The van der Waals surface area contributed by atoms with Gasteiger partial charge in [-0.25, -0.2) is 4.79 Å². The van der Waals surface area contributed by atoms with Gasteiger partial charge in [-0.05, 0) is 11.5 Å². The van der Waals surface area contributed by atoms with Crippen LogP contribution in [0.3, 0.4) is 0 Å². The number of carboxylic acids is 2. The molecule has 0 aliphatic rings. The summed E-state index contributed by atoms with van der Waals surface area (Å²) in [5.41, 5.74) is 0.401. The molecule has 0 aliphatic heterocycles. The smallest absolute Gasteiger partial charge is 0.337 e. The lowest BCUT2D eigenvalue weighted by molar-refractivity contribution is -0.134. The molecule has 0 saturated carbocycles. The van der Waals surface area contributed by atoms with Crippen LogP contribution in [0, 0.1) is 0 Å². The first-order chi connectivity index (χ1) is 8.59. The highest BCUT2D eigenvalue weighted by atomic mass is 16.4. The van der Waals surface area contributed by atoms with E-state index in [1.807, 2.05) is 12.1 Å². The summed E-state index contributed by atoms with van der Waals surface area (Å²) in [7, 11) is 0. The van der Waals surface area contributed by atoms with Gasteiger partial charge in [0.15, 0.2) is 0 Å². The topological polar surface area (TPSA) is 86.6 Å². The van der Waals surface area contributed by atoms with Gasteiger partial charge in [0.1, 0.15) is 6.54 Å². The average Bonchev–Trinajstić information content (AvgIpc) is 2.35. The molecule has 0 aromatic heterocycles. The number of aromatic carboxylic acids is 1. The highest BCUT2D eigenvalue weighted by Crippen LogP contribution is 2.27. The standard InChI is InChI=1S/C13H11NO4/c15-11(16)7-14-12-9-4-2-1-3-8(9)5-6-10(12)13(17)18/h1-6,14H,7H2,(H,15,16)(H,17,18). The summed E-state index contributed by atoms with van der Waals surface area (Å²) in [6.07, 6.45) is 0. The van der Waals surface area contributed by atoms with Gasteiger partial charge in [0.05, 0.1) is 11.3 Å². The lowest BCUT2D eigenvalue weighted by atomic mass is 10.0. The van der Waals surface area contributed by atoms with Crippen molar-refractivity contribution in [2.24, 2.45) is 0 Å². The minimum Gasteiger partial charge on any atom is -0.480 e. The monoisotopic (exact) mass is 245 g/mol. The van der Waals surface area contributed by atoms with E-state index in [0.29, 0.717) is 11.1 Å². The van der Waals surface area contributed by atoms with Gasteiger partial charge in [-0.1, -0.05) is 30.3 Å². The van der Waals surface area contributed by atoms with Gasteiger partial charge < -0.3 is 15.5 Å². The molecule has 92 valence electrons. The Bertz CT molecular complexity index is 621. The van der Waals surface area contributed by atoms with E-state index in [2.05, 4.69) is 5.32 Å². The van der Waals surface area contributed by atoms with Crippen LogP contribution in [0.2, 0.25) is 0 Å². The molecule has 0 fully saturated rings. The molecule has 3 N–H and O–H groups in total. The number of carbonyl (C=O) groups is 2. The molecule has 2 aromatic carbocycles. The third-order valence-corrected chi connectivity index (χ3v) is 2.58. The van der Waals surface area contributed by atoms with Crippen LogP contribution in [0.1, 0.15) is 10.4 Å². The number of nitrogens with one attached hydrogen (secondary N) is 1. The minimum atomic E-state index is -1.09. The van der Waals surface area contributed by atoms with E-state index in [1.54, 1.807) is 18.2 Å². The highest BCUT2D eigenvalue weighted by molar-refractivity contribution is 6.06. The van der Waals surface area contributed by atoms with Crippen molar-refractivity contribution in [3.63, 3.8) is 0 Å². The Morgan fingerprint density at radius 1 is 1.06 bits per heavy atom. The Morgan fingerprint density at radius 2 is 1.78 bits per heavy atom. The Kier molecular flexibility index (Phi) is 3.14. The van der Waals surface area contributed by atoms with Crippen LogP contribution in [0.5, 0.6) is 0 Å². The minimum absolute atomic E-state index is 0.0648. The number of hydrogen-bond donors (Lipinski definition) is 3. The maximum Gasteiger partial charge on any atom is 0.337 e. The Labute approximate surface area is 103 Å². The summed E-state index contributed by atoms with van der Waals surface area (Å²) in [4.78, 5) is 21.7. The summed E-state index contributed by atoms with van der Waals surface area (Å²) in [6.45, 7) is -0.325. The van der Waals surface area contributed by atoms with Crippen molar-refractivity contribution < 1.29 is 19.8 Å². The second kappa shape index (κ2) is 4.75. The Hall–Kier alpha value is -2.56. The van der Waals surface area contributed by atoms with E-state index < -0.39 is 11.9 Å². The zero-order valence-electron chi connectivity index (χ0n) is 9.38. The van der Waals surface area contributed by atoms with Crippen molar-refractivity contribution in [1.29, 1.82) is 0 Å². The van der Waals surface area contributed by atoms with Crippen LogP contribution in [0.4, 0.5) is 5.69 Å². The van der Waals surface area contributed by atoms with Gasteiger partial charge in [0.2, 0.25) is 0 Å². The predicted molar refractivity (Wildman–Crippen MR) is 67.0 cm³/mol. The van der Waals surface area contributed by atoms with Crippen LogP contribution in [0.25, 0.3) is 10.8 Å². The molecule has 5 nitrogen and oxygen atoms in total. The number of rotatable bonds is 4. The fraction of sp³-hybridized carbons (Fsp3) is 0.0769. The van der Waals surface area contributed by atoms with Crippen LogP contribution in [0.15, 0.2) is 36.4 Å². The highest BCUT2D eigenvalue weighted by Gasteiger charge is 2.13. The second-order valence-electron chi connectivity index (χ2n) is 3.76.